The average Bonchev–Trinajstić information content (AvgIpc) is 2.27. The predicted molar refractivity (Wildman–Crippen MR) is 55.2 cm³/mol. The highest BCUT2D eigenvalue weighted by molar-refractivity contribution is 5.94. The fourth-order valence-electron chi connectivity index (χ4n) is 1.19. The van der Waals surface area contributed by atoms with E-state index in [0.29, 0.717) is 19.6 Å². The SMILES string of the molecule is COCCCNC(=O)c1cc(F)ccc1F. The minimum absolute atomic E-state index is 0.280. The number of halogens is 2. The van der Waals surface area contributed by atoms with Crippen LogP contribution >= 0.6 is 0 Å². The number of methoxy groups -OCH3 is 1. The monoisotopic (exact) mass is 229 g/mol. The van der Waals surface area contributed by atoms with Gasteiger partial charge >= 0.3 is 0 Å². The molecule has 0 aliphatic heterocycles. The minimum Gasteiger partial charge on any atom is -0.385 e. The second-order valence-corrected chi connectivity index (χ2v) is 3.23. The lowest BCUT2D eigenvalue weighted by atomic mass is 10.2. The fraction of sp³-hybridized carbons (Fsp3) is 0.364. The summed E-state index contributed by atoms with van der Waals surface area (Å²) in [4.78, 5) is 11.4. The molecule has 0 radical (unpaired) electrons. The Morgan fingerprint density at radius 1 is 1.44 bits per heavy atom. The molecule has 0 aliphatic rings. The van der Waals surface area contributed by atoms with Crippen LogP contribution in [0.2, 0.25) is 0 Å². The van der Waals surface area contributed by atoms with Gasteiger partial charge in [-0.15, -0.1) is 0 Å². The van der Waals surface area contributed by atoms with Gasteiger partial charge in [0.2, 0.25) is 0 Å². The quantitative estimate of drug-likeness (QED) is 0.781. The molecule has 1 N–H and O–H groups in total. The highest BCUT2D eigenvalue weighted by atomic mass is 19.1. The number of ether oxygens (including phenoxy) is 1. The second kappa shape index (κ2) is 6.17. The van der Waals surface area contributed by atoms with Gasteiger partial charge in [-0.3, -0.25) is 4.79 Å². The Labute approximate surface area is 92.4 Å². The lowest BCUT2D eigenvalue weighted by Gasteiger charge is -2.05. The molecule has 5 heteroatoms. The van der Waals surface area contributed by atoms with Crippen LogP contribution in [0.4, 0.5) is 8.78 Å². The van der Waals surface area contributed by atoms with Crippen LogP contribution in [0.25, 0.3) is 0 Å². The fourth-order valence-corrected chi connectivity index (χ4v) is 1.19. The maximum absolute atomic E-state index is 13.1. The number of carbonyl (C=O) groups excluding carboxylic acids is 1. The molecule has 0 bridgehead atoms. The molecule has 1 aromatic carbocycles. The summed E-state index contributed by atoms with van der Waals surface area (Å²) >= 11 is 0. The zero-order valence-corrected chi connectivity index (χ0v) is 8.93. The van der Waals surface area contributed by atoms with E-state index >= 15 is 0 Å². The molecule has 1 amide bonds. The maximum atomic E-state index is 13.1. The smallest absolute Gasteiger partial charge is 0.254 e. The third-order valence-electron chi connectivity index (χ3n) is 1.98. The van der Waals surface area contributed by atoms with E-state index in [9.17, 15) is 13.6 Å². The summed E-state index contributed by atoms with van der Waals surface area (Å²) in [6.45, 7) is 0.870. The van der Waals surface area contributed by atoms with E-state index in [-0.39, 0.29) is 5.56 Å². The number of carbonyl (C=O) groups is 1. The molecule has 0 atom stereocenters. The molecular formula is C11H13F2NO2. The standard InChI is InChI=1S/C11H13F2NO2/c1-16-6-2-5-14-11(15)9-7-8(12)3-4-10(9)13/h3-4,7H,2,5-6H2,1H3,(H,14,15). The molecule has 0 saturated heterocycles. The summed E-state index contributed by atoms with van der Waals surface area (Å²) in [5.41, 5.74) is -0.280. The van der Waals surface area contributed by atoms with Gasteiger partial charge in [-0.1, -0.05) is 0 Å². The van der Waals surface area contributed by atoms with Crippen molar-refractivity contribution >= 4 is 5.91 Å². The van der Waals surface area contributed by atoms with Gasteiger partial charge in [0.05, 0.1) is 5.56 Å². The summed E-state index contributed by atoms with van der Waals surface area (Å²) in [6.07, 6.45) is 0.624. The molecular weight excluding hydrogens is 216 g/mol. The van der Waals surface area contributed by atoms with Gasteiger partial charge in [0.15, 0.2) is 0 Å². The number of benzene rings is 1. The Hall–Kier alpha value is -1.49. The Morgan fingerprint density at radius 3 is 2.88 bits per heavy atom. The Kier molecular flexibility index (Phi) is 4.85. The summed E-state index contributed by atoms with van der Waals surface area (Å²) in [6, 6.07) is 2.78. The summed E-state index contributed by atoms with van der Waals surface area (Å²) < 4.78 is 30.7. The first-order valence-electron chi connectivity index (χ1n) is 4.87. The molecule has 3 nitrogen and oxygen atoms in total. The highest BCUT2D eigenvalue weighted by Gasteiger charge is 2.11. The summed E-state index contributed by atoms with van der Waals surface area (Å²) in [5.74, 6) is -1.98. The second-order valence-electron chi connectivity index (χ2n) is 3.23. The van der Waals surface area contributed by atoms with E-state index in [2.05, 4.69) is 5.32 Å². The van der Waals surface area contributed by atoms with Crippen LogP contribution in [-0.2, 0) is 4.74 Å². The van der Waals surface area contributed by atoms with Gasteiger partial charge in [-0.2, -0.15) is 0 Å². The van der Waals surface area contributed by atoms with Crippen LogP contribution in [0, 0.1) is 11.6 Å². The topological polar surface area (TPSA) is 38.3 Å². The van der Waals surface area contributed by atoms with Gasteiger partial charge < -0.3 is 10.1 Å². The molecule has 0 heterocycles. The largest absolute Gasteiger partial charge is 0.385 e. The van der Waals surface area contributed by atoms with Crippen molar-refractivity contribution in [1.82, 2.24) is 5.32 Å². The molecule has 0 unspecified atom stereocenters. The number of amides is 1. The third-order valence-corrected chi connectivity index (χ3v) is 1.98. The average molecular weight is 229 g/mol. The Balaban J connectivity index is 2.55. The zero-order valence-electron chi connectivity index (χ0n) is 8.93. The van der Waals surface area contributed by atoms with Gasteiger partial charge in [0.25, 0.3) is 5.91 Å². The first-order valence-corrected chi connectivity index (χ1v) is 4.87. The molecule has 0 spiro atoms. The van der Waals surface area contributed by atoms with Crippen LogP contribution in [0.15, 0.2) is 18.2 Å². The minimum atomic E-state index is -0.731. The van der Waals surface area contributed by atoms with E-state index in [1.807, 2.05) is 0 Å². The van der Waals surface area contributed by atoms with Crippen molar-refractivity contribution in [1.29, 1.82) is 0 Å². The lowest BCUT2D eigenvalue weighted by molar-refractivity contribution is 0.0944. The molecule has 88 valence electrons. The number of hydrogen-bond donors (Lipinski definition) is 1. The molecule has 0 aromatic heterocycles. The predicted octanol–water partition coefficient (Wildman–Crippen LogP) is 1.73. The highest BCUT2D eigenvalue weighted by Crippen LogP contribution is 2.09. The molecule has 1 rings (SSSR count). The molecule has 0 aliphatic carbocycles. The van der Waals surface area contributed by atoms with Gasteiger partial charge in [-0.25, -0.2) is 8.78 Å². The van der Waals surface area contributed by atoms with E-state index < -0.39 is 17.5 Å². The van der Waals surface area contributed by atoms with E-state index in [1.165, 1.54) is 0 Å². The van der Waals surface area contributed by atoms with E-state index in [1.54, 1.807) is 7.11 Å². The lowest BCUT2D eigenvalue weighted by Crippen LogP contribution is -2.26. The normalized spacial score (nSPS) is 10.2. The molecule has 0 fully saturated rings. The van der Waals surface area contributed by atoms with E-state index in [0.717, 1.165) is 18.2 Å². The number of nitrogens with one attached hydrogen (secondary N) is 1. The van der Waals surface area contributed by atoms with Crippen LogP contribution < -0.4 is 5.32 Å². The first-order chi connectivity index (χ1) is 7.65. The van der Waals surface area contributed by atoms with Crippen LogP contribution in [0.3, 0.4) is 0 Å². The maximum Gasteiger partial charge on any atom is 0.254 e. The third kappa shape index (κ3) is 3.58. The molecule has 0 saturated carbocycles. The Morgan fingerprint density at radius 2 is 2.19 bits per heavy atom. The van der Waals surface area contributed by atoms with Gasteiger partial charge in [0, 0.05) is 20.3 Å². The van der Waals surface area contributed by atoms with Crippen LogP contribution in [0.1, 0.15) is 16.8 Å². The molecule has 1 aromatic rings. The van der Waals surface area contributed by atoms with Crippen LogP contribution in [-0.4, -0.2) is 26.2 Å². The number of rotatable bonds is 5. The first kappa shape index (κ1) is 12.6. The van der Waals surface area contributed by atoms with Crippen molar-refractivity contribution in [2.24, 2.45) is 0 Å². The van der Waals surface area contributed by atoms with Crippen LogP contribution in [0.5, 0.6) is 0 Å². The zero-order chi connectivity index (χ0) is 12.0. The Bertz CT molecular complexity index is 369. The number of hydrogen-bond acceptors (Lipinski definition) is 2. The van der Waals surface area contributed by atoms with Crippen molar-refractivity contribution in [3.63, 3.8) is 0 Å². The van der Waals surface area contributed by atoms with Crippen molar-refractivity contribution in [3.8, 4) is 0 Å². The van der Waals surface area contributed by atoms with E-state index in [4.69, 9.17) is 4.74 Å². The summed E-state index contributed by atoms with van der Waals surface area (Å²) in [5, 5.41) is 2.48. The van der Waals surface area contributed by atoms with Crippen molar-refractivity contribution < 1.29 is 18.3 Å². The van der Waals surface area contributed by atoms with Crippen molar-refractivity contribution in [2.75, 3.05) is 20.3 Å². The van der Waals surface area contributed by atoms with Gasteiger partial charge in [-0.05, 0) is 24.6 Å². The van der Waals surface area contributed by atoms with Crippen molar-refractivity contribution in [3.05, 3.63) is 35.4 Å². The molecule has 16 heavy (non-hydrogen) atoms. The summed E-state index contributed by atoms with van der Waals surface area (Å²) in [7, 11) is 1.55. The van der Waals surface area contributed by atoms with Crippen molar-refractivity contribution in [2.45, 2.75) is 6.42 Å². The van der Waals surface area contributed by atoms with Gasteiger partial charge in [0.1, 0.15) is 11.6 Å².